The maximum absolute atomic E-state index is 6.07. The molecule has 1 saturated heterocycles. The van der Waals surface area contributed by atoms with Crippen LogP contribution in [0, 0.1) is 5.92 Å². The van der Waals surface area contributed by atoms with E-state index in [1.165, 1.54) is 5.57 Å². The molecule has 1 fully saturated rings. The predicted octanol–water partition coefficient (Wildman–Crippen LogP) is 0.855. The Balaban J connectivity index is 1.83. The fraction of sp³-hybridized carbons (Fsp3) is 0.500. The summed E-state index contributed by atoms with van der Waals surface area (Å²) in [6.45, 7) is 2.16. The van der Waals surface area contributed by atoms with Crippen LogP contribution in [-0.4, -0.2) is 35.4 Å². The average molecular weight is 257 g/mol. The number of hydrogen-bond acceptors (Lipinski definition) is 5. The van der Waals surface area contributed by atoms with Crippen molar-refractivity contribution in [1.82, 2.24) is 15.3 Å². The molecule has 0 saturated carbocycles. The van der Waals surface area contributed by atoms with Crippen molar-refractivity contribution in [3.63, 3.8) is 0 Å². The van der Waals surface area contributed by atoms with Gasteiger partial charge in [0.2, 0.25) is 0 Å². The minimum absolute atomic E-state index is 0.00362. The highest BCUT2D eigenvalue weighted by atomic mass is 15.0. The highest BCUT2D eigenvalue weighted by molar-refractivity contribution is 5.80. The Kier molecular flexibility index (Phi) is 3.66. The first-order valence-electron chi connectivity index (χ1n) is 6.82. The summed E-state index contributed by atoms with van der Waals surface area (Å²) in [6.07, 6.45) is 9.72. The van der Waals surface area contributed by atoms with Crippen molar-refractivity contribution in [3.05, 3.63) is 35.9 Å². The molecular formula is C14H19N5. The molecule has 1 aromatic rings. The van der Waals surface area contributed by atoms with Crippen LogP contribution in [-0.2, 0) is 0 Å². The van der Waals surface area contributed by atoms with Crippen LogP contribution in [0.5, 0.6) is 0 Å². The molecule has 0 amide bonds. The largest absolute Gasteiger partial charge is 0.317 e. The Morgan fingerprint density at radius 2 is 1.89 bits per heavy atom. The van der Waals surface area contributed by atoms with Crippen LogP contribution in [0.2, 0.25) is 0 Å². The third-order valence-electron chi connectivity index (χ3n) is 3.83. The fourth-order valence-electron chi connectivity index (χ4n) is 2.72. The molecule has 3 rings (SSSR count). The topological polar surface area (TPSA) is 76.2 Å². The summed E-state index contributed by atoms with van der Waals surface area (Å²) in [5.74, 6) is 1.35. The minimum atomic E-state index is -0.270. The first-order chi connectivity index (χ1) is 9.34. The van der Waals surface area contributed by atoms with Crippen LogP contribution in [0.25, 0.3) is 0 Å². The van der Waals surface area contributed by atoms with Crippen molar-refractivity contribution in [2.75, 3.05) is 13.1 Å². The van der Waals surface area contributed by atoms with Gasteiger partial charge in [-0.1, -0.05) is 6.08 Å². The maximum atomic E-state index is 6.07. The van der Waals surface area contributed by atoms with E-state index in [9.17, 15) is 0 Å². The SMILES string of the molecule is NC1N=CC(C2CCNCC2)=CC1c1ncccn1. The van der Waals surface area contributed by atoms with Crippen molar-refractivity contribution >= 4 is 6.21 Å². The van der Waals surface area contributed by atoms with Crippen molar-refractivity contribution in [2.45, 2.75) is 24.9 Å². The van der Waals surface area contributed by atoms with E-state index < -0.39 is 0 Å². The molecule has 100 valence electrons. The van der Waals surface area contributed by atoms with E-state index in [-0.39, 0.29) is 12.1 Å². The van der Waals surface area contributed by atoms with E-state index in [0.29, 0.717) is 5.92 Å². The summed E-state index contributed by atoms with van der Waals surface area (Å²) in [6, 6.07) is 1.82. The zero-order valence-corrected chi connectivity index (χ0v) is 10.9. The van der Waals surface area contributed by atoms with Crippen LogP contribution >= 0.6 is 0 Å². The van der Waals surface area contributed by atoms with Crippen LogP contribution in [0.4, 0.5) is 0 Å². The minimum Gasteiger partial charge on any atom is -0.317 e. The molecule has 0 aliphatic carbocycles. The molecule has 1 aromatic heterocycles. The van der Waals surface area contributed by atoms with Crippen LogP contribution in [0.15, 0.2) is 35.1 Å². The van der Waals surface area contributed by atoms with Gasteiger partial charge in [-0.15, -0.1) is 0 Å². The summed E-state index contributed by atoms with van der Waals surface area (Å²) >= 11 is 0. The third-order valence-corrected chi connectivity index (χ3v) is 3.83. The number of aliphatic imine (C=N–C) groups is 1. The van der Waals surface area contributed by atoms with Crippen molar-refractivity contribution in [2.24, 2.45) is 16.6 Å². The second-order valence-corrected chi connectivity index (χ2v) is 5.09. The van der Waals surface area contributed by atoms with Crippen molar-refractivity contribution in [3.8, 4) is 0 Å². The number of nitrogens with two attached hydrogens (primary N) is 1. The van der Waals surface area contributed by atoms with Crippen LogP contribution in [0.3, 0.4) is 0 Å². The highest BCUT2D eigenvalue weighted by Gasteiger charge is 2.26. The molecule has 19 heavy (non-hydrogen) atoms. The van der Waals surface area contributed by atoms with E-state index >= 15 is 0 Å². The molecule has 5 nitrogen and oxygen atoms in total. The molecule has 3 heterocycles. The second-order valence-electron chi connectivity index (χ2n) is 5.09. The number of nitrogens with zero attached hydrogens (tertiary/aromatic N) is 3. The lowest BCUT2D eigenvalue weighted by Crippen LogP contribution is -2.33. The summed E-state index contributed by atoms with van der Waals surface area (Å²) in [7, 11) is 0. The van der Waals surface area contributed by atoms with Crippen molar-refractivity contribution in [1.29, 1.82) is 0 Å². The molecule has 0 radical (unpaired) electrons. The fourth-order valence-corrected chi connectivity index (χ4v) is 2.72. The lowest BCUT2D eigenvalue weighted by atomic mass is 9.86. The monoisotopic (exact) mass is 257 g/mol. The Morgan fingerprint density at radius 1 is 1.16 bits per heavy atom. The summed E-state index contributed by atoms with van der Waals surface area (Å²) in [4.78, 5) is 13.0. The quantitative estimate of drug-likeness (QED) is 0.823. The Hall–Kier alpha value is -1.59. The van der Waals surface area contributed by atoms with E-state index in [0.717, 1.165) is 31.8 Å². The molecule has 0 aromatic carbocycles. The molecule has 2 aliphatic rings. The third kappa shape index (κ3) is 2.72. The number of allylic oxidation sites excluding steroid dienone is 1. The Labute approximate surface area is 113 Å². The number of rotatable bonds is 2. The zero-order chi connectivity index (χ0) is 13.1. The van der Waals surface area contributed by atoms with Gasteiger partial charge in [-0.05, 0) is 43.5 Å². The van der Waals surface area contributed by atoms with E-state index in [1.54, 1.807) is 12.4 Å². The molecule has 2 unspecified atom stereocenters. The van der Waals surface area contributed by atoms with Crippen molar-refractivity contribution < 1.29 is 0 Å². The zero-order valence-electron chi connectivity index (χ0n) is 10.9. The van der Waals surface area contributed by atoms with E-state index in [2.05, 4.69) is 26.4 Å². The van der Waals surface area contributed by atoms with Gasteiger partial charge >= 0.3 is 0 Å². The van der Waals surface area contributed by atoms with Crippen LogP contribution in [0.1, 0.15) is 24.6 Å². The van der Waals surface area contributed by atoms with E-state index in [1.807, 2.05) is 12.3 Å². The normalized spacial score (nSPS) is 28.2. The molecular weight excluding hydrogens is 238 g/mol. The molecule has 2 atom stereocenters. The van der Waals surface area contributed by atoms with Gasteiger partial charge in [-0.25, -0.2) is 9.97 Å². The summed E-state index contributed by atoms with van der Waals surface area (Å²) in [5.41, 5.74) is 7.36. The number of piperidine rings is 1. The summed E-state index contributed by atoms with van der Waals surface area (Å²) in [5, 5.41) is 3.38. The van der Waals surface area contributed by atoms with Gasteiger partial charge in [0.1, 0.15) is 12.0 Å². The summed E-state index contributed by atoms with van der Waals surface area (Å²) < 4.78 is 0. The molecule has 3 N–H and O–H groups in total. The smallest absolute Gasteiger partial charge is 0.138 e. The first-order valence-corrected chi connectivity index (χ1v) is 6.82. The molecule has 5 heteroatoms. The number of nitrogens with one attached hydrogen (secondary N) is 1. The standard InChI is InChI=1S/C14H19N5/c15-13-12(14-17-4-1-5-18-14)8-11(9-19-13)10-2-6-16-7-3-10/h1,4-5,8-10,12-13,16H,2-3,6-7,15H2. The second kappa shape index (κ2) is 5.59. The molecule has 0 bridgehead atoms. The Bertz CT molecular complexity index is 476. The Morgan fingerprint density at radius 3 is 2.63 bits per heavy atom. The predicted molar refractivity (Wildman–Crippen MR) is 74.9 cm³/mol. The van der Waals surface area contributed by atoms with E-state index in [4.69, 9.17) is 5.73 Å². The van der Waals surface area contributed by atoms with Gasteiger partial charge in [0.05, 0.1) is 5.92 Å². The van der Waals surface area contributed by atoms with Gasteiger partial charge in [0.15, 0.2) is 0 Å². The van der Waals surface area contributed by atoms with Gasteiger partial charge in [0, 0.05) is 18.6 Å². The van der Waals surface area contributed by atoms with Gasteiger partial charge in [-0.2, -0.15) is 0 Å². The average Bonchev–Trinajstić information content (AvgIpc) is 2.49. The number of aromatic nitrogens is 2. The molecule has 0 spiro atoms. The maximum Gasteiger partial charge on any atom is 0.138 e. The first kappa shape index (κ1) is 12.4. The van der Waals surface area contributed by atoms with Crippen LogP contribution < -0.4 is 11.1 Å². The highest BCUT2D eigenvalue weighted by Crippen LogP contribution is 2.28. The molecule has 2 aliphatic heterocycles. The van der Waals surface area contributed by atoms with Gasteiger partial charge in [0.25, 0.3) is 0 Å². The number of dihydropyridines is 1. The lowest BCUT2D eigenvalue weighted by molar-refractivity contribution is 0.424. The number of hydrogen-bond donors (Lipinski definition) is 2. The van der Waals surface area contributed by atoms with Gasteiger partial charge in [-0.3, -0.25) is 4.99 Å². The lowest BCUT2D eigenvalue weighted by Gasteiger charge is -2.28. The van der Waals surface area contributed by atoms with Gasteiger partial charge < -0.3 is 11.1 Å².